The topological polar surface area (TPSA) is 46.9 Å². The Bertz CT molecular complexity index is 297. The summed E-state index contributed by atoms with van der Waals surface area (Å²) in [6.45, 7) is 1.49. The fourth-order valence-electron chi connectivity index (χ4n) is 2.31. The Morgan fingerprint density at radius 2 is 2.47 bits per heavy atom. The third-order valence-corrected chi connectivity index (χ3v) is 3.04. The molecule has 1 aliphatic rings. The Labute approximate surface area is 89.7 Å². The zero-order chi connectivity index (χ0) is 10.5. The zero-order valence-electron chi connectivity index (χ0n) is 8.80. The molecule has 0 unspecified atom stereocenters. The molecule has 1 N–H and O–H groups in total. The number of carbonyl (C=O) groups is 1. The third-order valence-electron chi connectivity index (χ3n) is 3.04. The highest BCUT2D eigenvalue weighted by Gasteiger charge is 2.24. The van der Waals surface area contributed by atoms with Crippen LogP contribution in [0.15, 0.2) is 18.5 Å². The van der Waals surface area contributed by atoms with Crippen LogP contribution in [-0.2, 0) is 11.3 Å². The Balaban J connectivity index is 1.75. The lowest BCUT2D eigenvalue weighted by atomic mass is 10.1. The quantitative estimate of drug-likeness (QED) is 0.728. The van der Waals surface area contributed by atoms with E-state index in [0.29, 0.717) is 18.5 Å². The van der Waals surface area contributed by atoms with Crippen LogP contribution in [0, 0.1) is 5.92 Å². The van der Waals surface area contributed by atoms with E-state index in [1.807, 2.05) is 23.1 Å². The minimum absolute atomic E-state index is 0.485. The number of nitrogens with zero attached hydrogens (tertiary/aromatic N) is 2. The summed E-state index contributed by atoms with van der Waals surface area (Å²) in [5.41, 5.74) is 0. The molecule has 2 atom stereocenters. The molecule has 0 spiro atoms. The highest BCUT2D eigenvalue weighted by atomic mass is 16.1. The summed E-state index contributed by atoms with van der Waals surface area (Å²) in [4.78, 5) is 10.2. The first-order valence-electron chi connectivity index (χ1n) is 5.53. The Hall–Kier alpha value is -1.16. The van der Waals surface area contributed by atoms with Crippen LogP contribution in [0.5, 0.6) is 0 Å². The maximum absolute atomic E-state index is 10.2. The summed E-state index contributed by atoms with van der Waals surface area (Å²) in [5.74, 6) is 0.703. The Kier molecular flexibility index (Phi) is 3.50. The van der Waals surface area contributed by atoms with Crippen LogP contribution in [0.4, 0.5) is 0 Å². The third kappa shape index (κ3) is 2.89. The largest absolute Gasteiger partial charge is 0.307 e. The second kappa shape index (κ2) is 5.07. The molecule has 0 aliphatic heterocycles. The van der Waals surface area contributed by atoms with E-state index in [-0.39, 0.29) is 0 Å². The minimum Gasteiger partial charge on any atom is -0.307 e. The van der Waals surface area contributed by atoms with Crippen molar-refractivity contribution in [1.29, 1.82) is 0 Å². The van der Waals surface area contributed by atoms with Crippen molar-refractivity contribution in [3.63, 3.8) is 0 Å². The van der Waals surface area contributed by atoms with E-state index >= 15 is 0 Å². The van der Waals surface area contributed by atoms with Gasteiger partial charge in [0.2, 0.25) is 0 Å². The van der Waals surface area contributed by atoms with Gasteiger partial charge in [-0.15, -0.1) is 0 Å². The molecule has 1 aromatic heterocycles. The molecule has 1 heterocycles. The maximum atomic E-state index is 10.2. The lowest BCUT2D eigenvalue weighted by Gasteiger charge is -2.11. The van der Waals surface area contributed by atoms with Crippen molar-refractivity contribution in [3.05, 3.63) is 18.5 Å². The van der Waals surface area contributed by atoms with Crippen molar-refractivity contribution in [1.82, 2.24) is 15.1 Å². The highest BCUT2D eigenvalue weighted by molar-refractivity contribution is 5.51. The average molecular weight is 207 g/mol. The standard InChI is InChI=1S/C11H17N3O/c15-7-5-12-11-3-2-10(8-11)9-14-6-1-4-13-14/h1,4,6-7,10-12H,2-3,5,8-9H2/t10-,11+/m1/s1. The van der Waals surface area contributed by atoms with Crippen molar-refractivity contribution < 1.29 is 4.79 Å². The molecular weight excluding hydrogens is 190 g/mol. The van der Waals surface area contributed by atoms with Gasteiger partial charge in [0, 0.05) is 25.0 Å². The van der Waals surface area contributed by atoms with Gasteiger partial charge in [-0.25, -0.2) is 0 Å². The molecule has 1 saturated carbocycles. The number of hydrogen-bond acceptors (Lipinski definition) is 3. The van der Waals surface area contributed by atoms with Crippen molar-refractivity contribution in [2.75, 3.05) is 6.54 Å². The van der Waals surface area contributed by atoms with E-state index in [1.165, 1.54) is 12.8 Å². The van der Waals surface area contributed by atoms with Gasteiger partial charge >= 0.3 is 0 Å². The monoisotopic (exact) mass is 207 g/mol. The van der Waals surface area contributed by atoms with E-state index in [1.54, 1.807) is 0 Å². The van der Waals surface area contributed by atoms with Crippen LogP contribution < -0.4 is 5.32 Å². The second-order valence-electron chi connectivity index (χ2n) is 4.18. The van der Waals surface area contributed by atoms with Gasteiger partial charge in [0.1, 0.15) is 6.29 Å². The molecule has 0 aromatic carbocycles. The lowest BCUT2D eigenvalue weighted by Crippen LogP contribution is -2.28. The molecule has 0 amide bonds. The van der Waals surface area contributed by atoms with Crippen molar-refractivity contribution in [2.45, 2.75) is 31.8 Å². The van der Waals surface area contributed by atoms with Crippen LogP contribution in [-0.4, -0.2) is 28.7 Å². The van der Waals surface area contributed by atoms with Crippen molar-refractivity contribution in [2.24, 2.45) is 5.92 Å². The molecule has 2 rings (SSSR count). The van der Waals surface area contributed by atoms with Crippen molar-refractivity contribution in [3.8, 4) is 0 Å². The van der Waals surface area contributed by atoms with Crippen LogP contribution in [0.1, 0.15) is 19.3 Å². The minimum atomic E-state index is 0.485. The molecule has 0 bridgehead atoms. The van der Waals surface area contributed by atoms with Gasteiger partial charge < -0.3 is 10.1 Å². The van der Waals surface area contributed by atoms with Gasteiger partial charge in [-0.1, -0.05) is 0 Å². The zero-order valence-corrected chi connectivity index (χ0v) is 8.80. The first-order valence-corrected chi connectivity index (χ1v) is 5.53. The summed E-state index contributed by atoms with van der Waals surface area (Å²) in [6.07, 6.45) is 8.33. The van der Waals surface area contributed by atoms with Gasteiger partial charge in [0.05, 0.1) is 6.54 Å². The molecule has 4 heteroatoms. The van der Waals surface area contributed by atoms with Gasteiger partial charge in [0.15, 0.2) is 0 Å². The van der Waals surface area contributed by atoms with Gasteiger partial charge in [0.25, 0.3) is 0 Å². The van der Waals surface area contributed by atoms with E-state index in [9.17, 15) is 4.79 Å². The van der Waals surface area contributed by atoms with Gasteiger partial charge in [-0.2, -0.15) is 5.10 Å². The molecule has 0 saturated heterocycles. The normalized spacial score (nSPS) is 25.6. The number of aldehydes is 1. The summed E-state index contributed by atoms with van der Waals surface area (Å²) < 4.78 is 1.99. The number of carbonyl (C=O) groups excluding carboxylic acids is 1. The molecule has 0 radical (unpaired) electrons. The number of hydrogen-bond donors (Lipinski definition) is 1. The fraction of sp³-hybridized carbons (Fsp3) is 0.636. The number of aromatic nitrogens is 2. The SMILES string of the molecule is O=CCN[C@H]1CC[C@@H](Cn2cccn2)C1. The molecule has 4 nitrogen and oxygen atoms in total. The summed E-state index contributed by atoms with van der Waals surface area (Å²) in [7, 11) is 0. The second-order valence-corrected chi connectivity index (χ2v) is 4.18. The number of nitrogens with one attached hydrogen (secondary N) is 1. The maximum Gasteiger partial charge on any atom is 0.133 e. The predicted molar refractivity (Wildman–Crippen MR) is 57.4 cm³/mol. The highest BCUT2D eigenvalue weighted by Crippen LogP contribution is 2.26. The molecule has 1 aliphatic carbocycles. The van der Waals surface area contributed by atoms with Gasteiger partial charge in [-0.3, -0.25) is 4.68 Å². The Morgan fingerprint density at radius 1 is 1.53 bits per heavy atom. The average Bonchev–Trinajstić information content (AvgIpc) is 2.87. The van der Waals surface area contributed by atoms with Crippen LogP contribution in [0.2, 0.25) is 0 Å². The smallest absolute Gasteiger partial charge is 0.133 e. The van der Waals surface area contributed by atoms with Crippen molar-refractivity contribution >= 4 is 6.29 Å². The molecular formula is C11H17N3O. The molecule has 82 valence electrons. The van der Waals surface area contributed by atoms with Crippen LogP contribution in [0.3, 0.4) is 0 Å². The molecule has 1 aromatic rings. The van der Waals surface area contributed by atoms with Crippen LogP contribution >= 0.6 is 0 Å². The number of rotatable bonds is 5. The van der Waals surface area contributed by atoms with E-state index < -0.39 is 0 Å². The fourth-order valence-corrected chi connectivity index (χ4v) is 2.31. The first-order chi connectivity index (χ1) is 7.38. The van der Waals surface area contributed by atoms with E-state index in [2.05, 4.69) is 10.4 Å². The first kappa shape index (κ1) is 10.4. The summed E-state index contributed by atoms with van der Waals surface area (Å²) in [5, 5.41) is 7.45. The van der Waals surface area contributed by atoms with E-state index in [4.69, 9.17) is 0 Å². The van der Waals surface area contributed by atoms with E-state index in [0.717, 1.165) is 19.3 Å². The molecule has 15 heavy (non-hydrogen) atoms. The summed E-state index contributed by atoms with van der Waals surface area (Å²) >= 11 is 0. The molecule has 1 fully saturated rings. The predicted octanol–water partition coefficient (Wildman–Crippen LogP) is 0.840. The van der Waals surface area contributed by atoms with Gasteiger partial charge in [-0.05, 0) is 31.2 Å². The summed E-state index contributed by atoms with van der Waals surface area (Å²) in [6, 6.07) is 2.48. The lowest BCUT2D eigenvalue weighted by molar-refractivity contribution is -0.107. The Morgan fingerprint density at radius 3 is 3.20 bits per heavy atom. The van der Waals surface area contributed by atoms with Crippen LogP contribution in [0.25, 0.3) is 0 Å².